The van der Waals surface area contributed by atoms with Crippen LogP contribution in [0.1, 0.15) is 24.1 Å². The van der Waals surface area contributed by atoms with E-state index in [1.54, 1.807) is 0 Å². The maximum atomic E-state index is 6.56. The SMILES string of the molecule is CN=C(NCC1(c2ccccc2Cl)CCOCC1)N(C)Cc1cc(Cl)cn1C.I. The predicted octanol–water partition coefficient (Wildman–Crippen LogP) is 4.71. The second kappa shape index (κ2) is 10.9. The van der Waals surface area contributed by atoms with Crippen LogP contribution in [-0.2, 0) is 23.7 Å². The molecule has 0 bridgehead atoms. The minimum Gasteiger partial charge on any atom is -0.381 e. The van der Waals surface area contributed by atoms with Crippen LogP contribution in [0.3, 0.4) is 0 Å². The summed E-state index contributed by atoms with van der Waals surface area (Å²) in [6.45, 7) is 2.95. The van der Waals surface area contributed by atoms with Crippen molar-refractivity contribution in [3.63, 3.8) is 0 Å². The molecule has 160 valence electrons. The Kier molecular flexibility index (Phi) is 9.13. The van der Waals surface area contributed by atoms with E-state index in [-0.39, 0.29) is 29.4 Å². The molecule has 0 atom stereocenters. The minimum absolute atomic E-state index is 0. The first kappa shape index (κ1) is 24.3. The van der Waals surface area contributed by atoms with E-state index >= 15 is 0 Å². The molecule has 0 unspecified atom stereocenters. The van der Waals surface area contributed by atoms with E-state index < -0.39 is 0 Å². The summed E-state index contributed by atoms with van der Waals surface area (Å²) in [5, 5.41) is 5.13. The highest BCUT2D eigenvalue weighted by Crippen LogP contribution is 2.38. The molecular weight excluding hydrogens is 522 g/mol. The Balaban J connectivity index is 0.00000300. The van der Waals surface area contributed by atoms with Crippen molar-refractivity contribution in [2.45, 2.75) is 24.8 Å². The summed E-state index contributed by atoms with van der Waals surface area (Å²) in [4.78, 5) is 6.58. The Bertz CT molecular complexity index is 834. The number of aryl methyl sites for hydroxylation is 1. The van der Waals surface area contributed by atoms with Gasteiger partial charge in [-0.1, -0.05) is 41.4 Å². The zero-order valence-electron chi connectivity index (χ0n) is 17.1. The fraction of sp³-hybridized carbons (Fsp3) is 0.476. The van der Waals surface area contributed by atoms with E-state index in [2.05, 4.69) is 27.3 Å². The Morgan fingerprint density at radius 3 is 2.55 bits per heavy atom. The van der Waals surface area contributed by atoms with Gasteiger partial charge < -0.3 is 19.5 Å². The van der Waals surface area contributed by atoms with E-state index in [0.717, 1.165) is 54.3 Å². The second-order valence-electron chi connectivity index (χ2n) is 7.39. The maximum Gasteiger partial charge on any atom is 0.193 e. The molecule has 2 heterocycles. The summed E-state index contributed by atoms with van der Waals surface area (Å²) < 4.78 is 7.67. The van der Waals surface area contributed by atoms with E-state index in [9.17, 15) is 0 Å². The molecule has 29 heavy (non-hydrogen) atoms. The monoisotopic (exact) mass is 550 g/mol. The Labute approximate surface area is 200 Å². The number of hydrogen-bond donors (Lipinski definition) is 1. The first-order valence-corrected chi connectivity index (χ1v) is 10.3. The number of rotatable bonds is 5. The summed E-state index contributed by atoms with van der Waals surface area (Å²) in [6, 6.07) is 10.1. The smallest absolute Gasteiger partial charge is 0.193 e. The fourth-order valence-electron chi connectivity index (χ4n) is 3.87. The lowest BCUT2D eigenvalue weighted by molar-refractivity contribution is 0.0512. The standard InChI is InChI=1S/C21H28Cl2N4O.HI/c1-24-20(27(3)14-17-12-16(22)13-26(17)2)25-15-21(8-10-28-11-9-21)18-6-4-5-7-19(18)23;/h4-7,12-13H,8-11,14-15H2,1-3H3,(H,24,25);1H. The van der Waals surface area contributed by atoms with E-state index in [4.69, 9.17) is 27.9 Å². The largest absolute Gasteiger partial charge is 0.381 e. The molecule has 2 aromatic rings. The van der Waals surface area contributed by atoms with Gasteiger partial charge in [0.05, 0.1) is 11.6 Å². The molecule has 1 aromatic heterocycles. The van der Waals surface area contributed by atoms with Gasteiger partial charge in [0, 0.05) is 63.2 Å². The molecule has 1 aliphatic heterocycles. The topological polar surface area (TPSA) is 41.8 Å². The molecule has 1 N–H and O–H groups in total. The van der Waals surface area contributed by atoms with Gasteiger partial charge in [0.15, 0.2) is 5.96 Å². The number of halogens is 3. The molecule has 0 spiro atoms. The Hall–Kier alpha value is -0.960. The van der Waals surface area contributed by atoms with Crippen LogP contribution < -0.4 is 5.32 Å². The van der Waals surface area contributed by atoms with Crippen molar-refractivity contribution < 1.29 is 4.74 Å². The van der Waals surface area contributed by atoms with Crippen molar-refractivity contribution in [2.75, 3.05) is 33.9 Å². The molecule has 8 heteroatoms. The highest BCUT2D eigenvalue weighted by Gasteiger charge is 2.36. The van der Waals surface area contributed by atoms with Crippen LogP contribution in [0.15, 0.2) is 41.5 Å². The average molecular weight is 551 g/mol. The number of nitrogens with one attached hydrogen (secondary N) is 1. The molecule has 1 saturated heterocycles. The second-order valence-corrected chi connectivity index (χ2v) is 8.23. The number of benzene rings is 1. The summed E-state index contributed by atoms with van der Waals surface area (Å²) in [7, 11) is 5.84. The van der Waals surface area contributed by atoms with Gasteiger partial charge in [0.2, 0.25) is 0 Å². The van der Waals surface area contributed by atoms with Crippen molar-refractivity contribution >= 4 is 53.1 Å². The lowest BCUT2D eigenvalue weighted by atomic mass is 9.74. The number of guanidine groups is 1. The number of ether oxygens (including phenoxy) is 1. The summed E-state index contributed by atoms with van der Waals surface area (Å²) in [5.41, 5.74) is 2.24. The molecular formula is C21H29Cl2IN4O. The predicted molar refractivity (Wildman–Crippen MR) is 132 cm³/mol. The molecule has 0 radical (unpaired) electrons. The quantitative estimate of drug-likeness (QED) is 0.333. The van der Waals surface area contributed by atoms with Crippen LogP contribution in [-0.4, -0.2) is 49.3 Å². The molecule has 1 fully saturated rings. The number of nitrogens with zero attached hydrogens (tertiary/aromatic N) is 3. The molecule has 5 nitrogen and oxygen atoms in total. The molecule has 3 rings (SSSR count). The molecule has 0 saturated carbocycles. The number of aliphatic imine (C=N–C) groups is 1. The third kappa shape index (κ3) is 5.81. The summed E-state index contributed by atoms with van der Waals surface area (Å²) in [5.74, 6) is 0.843. The van der Waals surface area contributed by atoms with Crippen LogP contribution in [0.25, 0.3) is 0 Å². The lowest BCUT2D eigenvalue weighted by Crippen LogP contribution is -2.48. The molecule has 0 amide bonds. The summed E-state index contributed by atoms with van der Waals surface area (Å²) >= 11 is 12.7. The first-order valence-electron chi connectivity index (χ1n) is 9.50. The third-order valence-corrected chi connectivity index (χ3v) is 6.06. The Morgan fingerprint density at radius 1 is 1.28 bits per heavy atom. The maximum absolute atomic E-state index is 6.56. The zero-order chi connectivity index (χ0) is 20.1. The van der Waals surface area contributed by atoms with Crippen molar-refractivity contribution in [2.24, 2.45) is 12.0 Å². The van der Waals surface area contributed by atoms with Gasteiger partial charge in [-0.3, -0.25) is 4.99 Å². The number of hydrogen-bond acceptors (Lipinski definition) is 2. The first-order chi connectivity index (χ1) is 13.4. The van der Waals surface area contributed by atoms with Crippen molar-refractivity contribution in [1.82, 2.24) is 14.8 Å². The van der Waals surface area contributed by atoms with E-state index in [1.165, 1.54) is 5.56 Å². The highest BCUT2D eigenvalue weighted by molar-refractivity contribution is 14.0. The van der Waals surface area contributed by atoms with Crippen LogP contribution in [0.5, 0.6) is 0 Å². The summed E-state index contributed by atoms with van der Waals surface area (Å²) in [6.07, 6.45) is 3.77. The zero-order valence-corrected chi connectivity index (χ0v) is 21.0. The molecule has 1 aromatic carbocycles. The van der Waals surface area contributed by atoms with Crippen molar-refractivity contribution in [3.8, 4) is 0 Å². The van der Waals surface area contributed by atoms with E-state index in [1.807, 2.05) is 50.1 Å². The van der Waals surface area contributed by atoms with Crippen molar-refractivity contribution in [3.05, 3.63) is 57.8 Å². The van der Waals surface area contributed by atoms with Gasteiger partial charge in [-0.2, -0.15) is 0 Å². The van der Waals surface area contributed by atoms with Gasteiger partial charge in [0.1, 0.15) is 0 Å². The fourth-order valence-corrected chi connectivity index (χ4v) is 4.48. The van der Waals surface area contributed by atoms with Gasteiger partial charge >= 0.3 is 0 Å². The van der Waals surface area contributed by atoms with E-state index in [0.29, 0.717) is 6.54 Å². The third-order valence-electron chi connectivity index (χ3n) is 5.53. The molecule has 0 aliphatic carbocycles. The average Bonchev–Trinajstić information content (AvgIpc) is 3.00. The van der Waals surface area contributed by atoms with Gasteiger partial charge in [-0.05, 0) is 30.5 Å². The number of aromatic nitrogens is 1. The van der Waals surface area contributed by atoms with Crippen molar-refractivity contribution in [1.29, 1.82) is 0 Å². The van der Waals surface area contributed by atoms with Gasteiger partial charge in [0.25, 0.3) is 0 Å². The Morgan fingerprint density at radius 2 is 1.97 bits per heavy atom. The lowest BCUT2D eigenvalue weighted by Gasteiger charge is -2.39. The van der Waals surface area contributed by atoms with Crippen LogP contribution in [0, 0.1) is 0 Å². The normalized spacial score (nSPS) is 16.2. The van der Waals surface area contributed by atoms with Crippen LogP contribution in [0.2, 0.25) is 10.0 Å². The highest BCUT2D eigenvalue weighted by atomic mass is 127. The van der Waals surface area contributed by atoms with Crippen LogP contribution >= 0.6 is 47.2 Å². The van der Waals surface area contributed by atoms with Gasteiger partial charge in [-0.25, -0.2) is 0 Å². The van der Waals surface area contributed by atoms with Crippen LogP contribution in [0.4, 0.5) is 0 Å². The van der Waals surface area contributed by atoms with Gasteiger partial charge in [-0.15, -0.1) is 24.0 Å². The minimum atomic E-state index is -0.0678. The molecule has 1 aliphatic rings.